The van der Waals surface area contributed by atoms with Gasteiger partial charge in [0.25, 0.3) is 0 Å². The SMILES string of the molecule is O=C1Cc2cccc(c2)OCCCC/C=C\CCCCOc2cccc(c2)CC(=O)Nc2nnc(s2)CCCCc2nnc(s2)N1. The Morgan fingerprint density at radius 2 is 1.07 bits per heavy atom. The van der Waals surface area contributed by atoms with E-state index in [1.807, 2.05) is 48.5 Å². The number of carbonyl (C=O) groups excluding carboxylic acids is 2. The van der Waals surface area contributed by atoms with Crippen LogP contribution in [0.2, 0.25) is 0 Å². The number of nitrogens with one attached hydrogen (secondary N) is 2. The van der Waals surface area contributed by atoms with Crippen LogP contribution in [-0.4, -0.2) is 45.4 Å². The van der Waals surface area contributed by atoms with Crippen molar-refractivity contribution in [2.45, 2.75) is 77.0 Å². The first-order valence-electron chi connectivity index (χ1n) is 15.9. The third-order valence-corrected chi connectivity index (χ3v) is 9.02. The fourth-order valence-corrected chi connectivity index (χ4v) is 6.49. The molecule has 4 aromatic rings. The minimum absolute atomic E-state index is 0.135. The molecule has 8 bridgehead atoms. The Balaban J connectivity index is 1.15. The number of hydrogen-bond donors (Lipinski definition) is 2. The fraction of sp³-hybridized carbons (Fsp3) is 0.412. The first-order valence-corrected chi connectivity index (χ1v) is 17.6. The number of aromatic nitrogens is 4. The minimum Gasteiger partial charge on any atom is -0.494 e. The molecule has 0 radical (unpaired) electrons. The van der Waals surface area contributed by atoms with E-state index in [-0.39, 0.29) is 24.7 Å². The molecule has 0 unspecified atom stereocenters. The van der Waals surface area contributed by atoms with Gasteiger partial charge in [0.2, 0.25) is 22.1 Å². The summed E-state index contributed by atoms with van der Waals surface area (Å²) in [6.45, 7) is 1.28. The topological polar surface area (TPSA) is 128 Å². The van der Waals surface area contributed by atoms with E-state index in [9.17, 15) is 9.59 Å². The van der Waals surface area contributed by atoms with Gasteiger partial charge in [-0.3, -0.25) is 9.59 Å². The van der Waals surface area contributed by atoms with Crippen molar-refractivity contribution in [3.8, 4) is 11.5 Å². The summed E-state index contributed by atoms with van der Waals surface area (Å²) in [7, 11) is 0. The zero-order valence-electron chi connectivity index (χ0n) is 25.9. The number of rotatable bonds is 0. The van der Waals surface area contributed by atoms with E-state index >= 15 is 0 Å². The van der Waals surface area contributed by atoms with Gasteiger partial charge in [-0.2, -0.15) is 0 Å². The number of fused-ring (bicyclic) bond motifs is 8. The minimum atomic E-state index is -0.135. The number of amides is 2. The van der Waals surface area contributed by atoms with E-state index in [0.717, 1.165) is 96.8 Å². The molecule has 0 atom stereocenters. The number of ether oxygens (including phenoxy) is 2. The van der Waals surface area contributed by atoms with Gasteiger partial charge >= 0.3 is 0 Å². The molecule has 5 rings (SSSR count). The molecule has 1 aliphatic heterocycles. The van der Waals surface area contributed by atoms with Gasteiger partial charge in [0.05, 0.1) is 26.1 Å². The van der Waals surface area contributed by atoms with Crippen molar-refractivity contribution in [1.82, 2.24) is 20.4 Å². The summed E-state index contributed by atoms with van der Waals surface area (Å²) in [6.07, 6.45) is 14.3. The number of anilines is 2. The largest absolute Gasteiger partial charge is 0.494 e. The van der Waals surface area contributed by atoms with E-state index in [2.05, 4.69) is 43.2 Å². The van der Waals surface area contributed by atoms with Crippen molar-refractivity contribution in [3.05, 3.63) is 81.8 Å². The summed E-state index contributed by atoms with van der Waals surface area (Å²) >= 11 is 2.79. The maximum atomic E-state index is 12.7. The van der Waals surface area contributed by atoms with E-state index < -0.39 is 0 Å². The van der Waals surface area contributed by atoms with Crippen molar-refractivity contribution in [2.75, 3.05) is 23.8 Å². The summed E-state index contributed by atoms with van der Waals surface area (Å²) < 4.78 is 11.9. The maximum absolute atomic E-state index is 12.7. The molecule has 46 heavy (non-hydrogen) atoms. The van der Waals surface area contributed by atoms with Crippen LogP contribution in [0.1, 0.15) is 72.5 Å². The second-order valence-electron chi connectivity index (χ2n) is 11.1. The molecule has 0 saturated carbocycles. The molecule has 2 amide bonds. The van der Waals surface area contributed by atoms with Crippen molar-refractivity contribution in [1.29, 1.82) is 0 Å². The van der Waals surface area contributed by atoms with Gasteiger partial charge < -0.3 is 20.1 Å². The number of allylic oxidation sites excluding steroid dienone is 2. The highest BCUT2D eigenvalue weighted by Gasteiger charge is 2.12. The molecule has 12 heteroatoms. The van der Waals surface area contributed by atoms with Crippen molar-refractivity contribution < 1.29 is 19.1 Å². The van der Waals surface area contributed by atoms with Gasteiger partial charge in [-0.05, 0) is 86.8 Å². The smallest absolute Gasteiger partial charge is 0.230 e. The lowest BCUT2D eigenvalue weighted by Crippen LogP contribution is -2.14. The van der Waals surface area contributed by atoms with Crippen LogP contribution in [0.15, 0.2) is 60.7 Å². The Morgan fingerprint density at radius 3 is 1.54 bits per heavy atom. The highest BCUT2D eigenvalue weighted by molar-refractivity contribution is 7.15. The average molecular weight is 661 g/mol. The fourth-order valence-electron chi connectivity index (χ4n) is 4.90. The van der Waals surface area contributed by atoms with Gasteiger partial charge in [0, 0.05) is 12.8 Å². The third kappa shape index (κ3) is 11.6. The van der Waals surface area contributed by atoms with E-state index in [0.29, 0.717) is 23.5 Å². The molecule has 1 aliphatic rings. The van der Waals surface area contributed by atoms with E-state index in [1.165, 1.54) is 22.7 Å². The molecule has 2 aromatic heterocycles. The van der Waals surface area contributed by atoms with Crippen LogP contribution in [-0.2, 0) is 35.3 Å². The normalized spacial score (nSPS) is 17.3. The molecular formula is C34H40N6O4S2. The Kier molecular flexibility index (Phi) is 13.1. The number of carbonyl (C=O) groups is 2. The molecule has 2 aromatic carbocycles. The van der Waals surface area contributed by atoms with Crippen molar-refractivity contribution in [2.24, 2.45) is 0 Å². The number of nitrogens with zero attached hydrogens (tertiary/aromatic N) is 4. The molecule has 0 aliphatic carbocycles. The molecule has 0 fully saturated rings. The number of hydrogen-bond acceptors (Lipinski definition) is 10. The molecule has 2 N–H and O–H groups in total. The predicted molar refractivity (Wildman–Crippen MR) is 182 cm³/mol. The van der Waals surface area contributed by atoms with Crippen LogP contribution in [0.5, 0.6) is 11.5 Å². The molecule has 242 valence electrons. The summed E-state index contributed by atoms with van der Waals surface area (Å²) in [5.41, 5.74) is 1.77. The number of benzene rings is 2. The summed E-state index contributed by atoms with van der Waals surface area (Å²) in [5, 5.41) is 25.3. The molecule has 0 spiro atoms. The predicted octanol–water partition coefficient (Wildman–Crippen LogP) is 6.99. The summed E-state index contributed by atoms with van der Waals surface area (Å²) in [4.78, 5) is 25.3. The standard InChI is InChI=1S/C34H40N6O4S2/c41-29-23-25-13-11-15-27(21-25)43-19-9-5-3-1-2-4-6-10-20-44-28-16-12-14-26(22-28)24-30(42)36-34-40-38-32(46-34)18-8-7-17-31-37-39-33(35-29)45-31/h1-2,11-16,21-22H,3-10,17-20,23-24H2,(H,35,39,41)(H,36,40,42)/b2-1-. The Labute approximate surface area is 277 Å². The van der Waals surface area contributed by atoms with E-state index in [1.54, 1.807) is 0 Å². The monoisotopic (exact) mass is 660 g/mol. The lowest BCUT2D eigenvalue weighted by Gasteiger charge is -2.08. The average Bonchev–Trinajstić information content (AvgIpc) is 3.68. The number of aryl methyl sites for hydroxylation is 2. The molecule has 10 nitrogen and oxygen atoms in total. The van der Waals surface area contributed by atoms with Gasteiger partial charge in [-0.1, -0.05) is 59.1 Å². The van der Waals surface area contributed by atoms with Crippen LogP contribution in [0, 0.1) is 0 Å². The lowest BCUT2D eigenvalue weighted by atomic mass is 10.1. The van der Waals surface area contributed by atoms with Gasteiger partial charge in [-0.25, -0.2) is 0 Å². The Morgan fingerprint density at radius 1 is 0.587 bits per heavy atom. The zero-order valence-corrected chi connectivity index (χ0v) is 27.5. The molecule has 0 saturated heterocycles. The Bertz CT molecular complexity index is 1470. The second kappa shape index (κ2) is 18.1. The van der Waals surface area contributed by atoms with Gasteiger partial charge in [0.15, 0.2) is 0 Å². The van der Waals surface area contributed by atoms with Crippen LogP contribution in [0.25, 0.3) is 0 Å². The highest BCUT2D eigenvalue weighted by atomic mass is 32.1. The Hall–Kier alpha value is -4.16. The quantitative estimate of drug-likeness (QED) is 0.193. The zero-order chi connectivity index (χ0) is 31.8. The summed E-state index contributed by atoms with van der Waals surface area (Å²) in [5.74, 6) is 1.28. The maximum Gasteiger partial charge on any atom is 0.230 e. The molecular weight excluding hydrogens is 621 g/mol. The van der Waals surface area contributed by atoms with Crippen LogP contribution < -0.4 is 20.1 Å². The highest BCUT2D eigenvalue weighted by Crippen LogP contribution is 2.22. The van der Waals surface area contributed by atoms with Crippen molar-refractivity contribution >= 4 is 44.8 Å². The van der Waals surface area contributed by atoms with E-state index in [4.69, 9.17) is 9.47 Å². The van der Waals surface area contributed by atoms with Crippen LogP contribution in [0.4, 0.5) is 10.3 Å². The first-order chi connectivity index (χ1) is 22.6. The van der Waals surface area contributed by atoms with Gasteiger partial charge in [0.1, 0.15) is 21.5 Å². The molecule has 3 heterocycles. The lowest BCUT2D eigenvalue weighted by molar-refractivity contribution is -0.116. The van der Waals surface area contributed by atoms with Crippen LogP contribution >= 0.6 is 22.7 Å². The third-order valence-electron chi connectivity index (χ3n) is 7.22. The van der Waals surface area contributed by atoms with Gasteiger partial charge in [-0.15, -0.1) is 20.4 Å². The summed E-state index contributed by atoms with van der Waals surface area (Å²) in [6, 6.07) is 15.4. The van der Waals surface area contributed by atoms with Crippen molar-refractivity contribution in [3.63, 3.8) is 0 Å². The second-order valence-corrected chi connectivity index (χ2v) is 13.2. The first kappa shape index (κ1) is 33.2. The van der Waals surface area contributed by atoms with Crippen LogP contribution in [0.3, 0.4) is 0 Å².